The Balaban J connectivity index is 2.24. The van der Waals surface area contributed by atoms with E-state index in [0.29, 0.717) is 10.8 Å². The predicted molar refractivity (Wildman–Crippen MR) is 113 cm³/mol. The third-order valence-corrected chi connectivity index (χ3v) is 6.03. The summed E-state index contributed by atoms with van der Waals surface area (Å²) in [7, 11) is -2.17. The molecule has 0 aliphatic carbocycles. The van der Waals surface area contributed by atoms with Crippen molar-refractivity contribution in [3.63, 3.8) is 0 Å². The first kappa shape index (κ1) is 22.3. The van der Waals surface area contributed by atoms with E-state index in [-0.39, 0.29) is 23.7 Å². The monoisotopic (exact) mass is 444 g/mol. The van der Waals surface area contributed by atoms with Gasteiger partial charge in [-0.2, -0.15) is 0 Å². The van der Waals surface area contributed by atoms with Crippen LogP contribution in [0.1, 0.15) is 18.9 Å². The molecule has 28 heavy (non-hydrogen) atoms. The Hall–Kier alpha value is -1.96. The fourth-order valence-electron chi connectivity index (χ4n) is 2.73. The third-order valence-electron chi connectivity index (χ3n) is 4.11. The van der Waals surface area contributed by atoms with Crippen LogP contribution in [-0.2, 0) is 21.4 Å². The Kier molecular flexibility index (Phi) is 7.57. The minimum absolute atomic E-state index is 0.210. The summed E-state index contributed by atoms with van der Waals surface area (Å²) < 4.78 is 31.0. The van der Waals surface area contributed by atoms with Gasteiger partial charge in [-0.3, -0.25) is 9.10 Å². The van der Waals surface area contributed by atoms with Gasteiger partial charge in [-0.05, 0) is 42.3 Å². The third kappa shape index (κ3) is 5.53. The van der Waals surface area contributed by atoms with Gasteiger partial charge in [-0.1, -0.05) is 42.3 Å². The zero-order valence-electron chi connectivity index (χ0n) is 15.8. The Bertz CT molecular complexity index is 933. The van der Waals surface area contributed by atoms with Crippen LogP contribution in [-0.4, -0.2) is 33.7 Å². The summed E-state index contributed by atoms with van der Waals surface area (Å²) in [4.78, 5) is 12.8. The Morgan fingerprint density at radius 1 is 1.14 bits per heavy atom. The van der Waals surface area contributed by atoms with E-state index in [0.717, 1.165) is 16.1 Å². The van der Waals surface area contributed by atoms with Crippen LogP contribution in [0.2, 0.25) is 10.0 Å². The predicted octanol–water partition coefficient (Wildman–Crippen LogP) is 3.86. The summed E-state index contributed by atoms with van der Waals surface area (Å²) >= 11 is 12.0. The van der Waals surface area contributed by atoms with Crippen molar-refractivity contribution >= 4 is 44.8 Å². The van der Waals surface area contributed by atoms with E-state index in [1.54, 1.807) is 26.2 Å². The topological polar surface area (TPSA) is 75.7 Å². The summed E-state index contributed by atoms with van der Waals surface area (Å²) in [5.74, 6) is 0.305. The molecule has 2 rings (SSSR count). The fourth-order valence-corrected chi connectivity index (χ4v) is 4.23. The number of anilines is 1. The average Bonchev–Trinajstić information content (AvgIpc) is 2.66. The number of nitrogens with one attached hydrogen (secondary N) is 1. The maximum Gasteiger partial charge on any atom is 0.244 e. The van der Waals surface area contributed by atoms with Crippen molar-refractivity contribution in [1.29, 1.82) is 0 Å². The number of methoxy groups -OCH3 is 1. The van der Waals surface area contributed by atoms with E-state index in [1.165, 1.54) is 18.2 Å². The minimum atomic E-state index is -3.74. The first-order chi connectivity index (χ1) is 13.2. The van der Waals surface area contributed by atoms with Crippen LogP contribution >= 0.6 is 23.2 Å². The number of ether oxygens (including phenoxy) is 1. The molecular formula is C19H22Cl2N2O4S. The van der Waals surface area contributed by atoms with Gasteiger partial charge in [0.25, 0.3) is 0 Å². The van der Waals surface area contributed by atoms with E-state index >= 15 is 0 Å². The van der Waals surface area contributed by atoms with E-state index in [4.69, 9.17) is 27.9 Å². The van der Waals surface area contributed by atoms with Gasteiger partial charge in [0.05, 0.1) is 29.1 Å². The van der Waals surface area contributed by atoms with Gasteiger partial charge >= 0.3 is 0 Å². The summed E-state index contributed by atoms with van der Waals surface area (Å²) in [6.45, 7) is 2.01. The lowest BCUT2D eigenvalue weighted by molar-refractivity contribution is -0.122. The minimum Gasteiger partial charge on any atom is -0.497 e. The number of nitrogens with zero attached hydrogens (tertiary/aromatic N) is 1. The molecule has 0 heterocycles. The smallest absolute Gasteiger partial charge is 0.244 e. The van der Waals surface area contributed by atoms with Gasteiger partial charge in [-0.25, -0.2) is 8.42 Å². The molecular weight excluding hydrogens is 423 g/mol. The zero-order chi connectivity index (χ0) is 20.9. The van der Waals surface area contributed by atoms with Crippen molar-refractivity contribution in [2.24, 2.45) is 0 Å². The lowest BCUT2D eigenvalue weighted by Crippen LogP contribution is -2.49. The molecule has 2 aromatic carbocycles. The first-order valence-corrected chi connectivity index (χ1v) is 11.1. The number of hydrogen-bond donors (Lipinski definition) is 1. The molecule has 1 amide bonds. The second-order valence-corrected chi connectivity index (χ2v) is 8.82. The molecule has 0 fully saturated rings. The molecule has 0 aliphatic rings. The Morgan fingerprint density at radius 2 is 1.79 bits per heavy atom. The SMILES string of the molecule is CC[C@@H](C(=O)NCc1ccc(OC)cc1)N(c1ccc(Cl)c(Cl)c1)S(C)(=O)=O. The van der Waals surface area contributed by atoms with E-state index in [9.17, 15) is 13.2 Å². The van der Waals surface area contributed by atoms with Crippen LogP contribution in [0.3, 0.4) is 0 Å². The number of sulfonamides is 1. The maximum absolute atomic E-state index is 12.8. The highest BCUT2D eigenvalue weighted by Gasteiger charge is 2.31. The summed E-state index contributed by atoms with van der Waals surface area (Å²) in [5, 5.41) is 3.30. The van der Waals surface area contributed by atoms with Crippen molar-refractivity contribution in [3.8, 4) is 5.75 Å². The normalized spacial score (nSPS) is 12.3. The molecule has 1 N–H and O–H groups in total. The number of amides is 1. The fraction of sp³-hybridized carbons (Fsp3) is 0.316. The van der Waals surface area contributed by atoms with E-state index in [2.05, 4.69) is 5.32 Å². The van der Waals surface area contributed by atoms with Gasteiger partial charge in [0.2, 0.25) is 15.9 Å². The average molecular weight is 445 g/mol. The number of carbonyl (C=O) groups is 1. The lowest BCUT2D eigenvalue weighted by Gasteiger charge is -2.30. The maximum atomic E-state index is 12.8. The molecule has 6 nitrogen and oxygen atoms in total. The molecule has 0 saturated carbocycles. The van der Waals surface area contributed by atoms with Gasteiger partial charge < -0.3 is 10.1 Å². The number of hydrogen-bond acceptors (Lipinski definition) is 4. The highest BCUT2D eigenvalue weighted by molar-refractivity contribution is 7.92. The van der Waals surface area contributed by atoms with Gasteiger partial charge in [0, 0.05) is 6.54 Å². The highest BCUT2D eigenvalue weighted by atomic mass is 35.5. The standard InChI is InChI=1S/C19H22Cl2N2O4S/c1-4-18(19(24)22-12-13-5-8-15(27-2)9-6-13)23(28(3,25)26)14-7-10-16(20)17(21)11-14/h5-11,18H,4,12H2,1-3H3,(H,22,24)/t18-/m0/s1. The van der Waals surface area contributed by atoms with Crippen LogP contribution in [0.5, 0.6) is 5.75 Å². The van der Waals surface area contributed by atoms with E-state index in [1.807, 2.05) is 12.1 Å². The summed E-state index contributed by atoms with van der Waals surface area (Å²) in [5.41, 5.74) is 1.15. The van der Waals surface area contributed by atoms with Crippen molar-refractivity contribution < 1.29 is 17.9 Å². The summed E-state index contributed by atoms with van der Waals surface area (Å²) in [6.07, 6.45) is 1.33. The Morgan fingerprint density at radius 3 is 2.29 bits per heavy atom. The van der Waals surface area contributed by atoms with Crippen LogP contribution < -0.4 is 14.4 Å². The number of halogens is 2. The quantitative estimate of drug-likeness (QED) is 0.670. The molecule has 0 spiro atoms. The van der Waals surface area contributed by atoms with Gasteiger partial charge in [0.15, 0.2) is 0 Å². The number of carbonyl (C=O) groups excluding carboxylic acids is 1. The van der Waals surface area contributed by atoms with Crippen molar-refractivity contribution in [3.05, 3.63) is 58.1 Å². The van der Waals surface area contributed by atoms with Crippen molar-refractivity contribution in [2.45, 2.75) is 25.9 Å². The highest BCUT2D eigenvalue weighted by Crippen LogP contribution is 2.30. The summed E-state index contributed by atoms with van der Waals surface area (Å²) in [6, 6.07) is 10.8. The molecule has 0 unspecified atom stereocenters. The molecule has 1 atom stereocenters. The molecule has 0 radical (unpaired) electrons. The number of benzene rings is 2. The zero-order valence-corrected chi connectivity index (χ0v) is 18.1. The van der Waals surface area contributed by atoms with Crippen LogP contribution in [0, 0.1) is 0 Å². The van der Waals surface area contributed by atoms with Crippen LogP contribution in [0.4, 0.5) is 5.69 Å². The molecule has 2 aromatic rings. The molecule has 0 bridgehead atoms. The molecule has 152 valence electrons. The van der Waals surface area contributed by atoms with Crippen molar-refractivity contribution in [2.75, 3.05) is 17.7 Å². The lowest BCUT2D eigenvalue weighted by atomic mass is 10.1. The van der Waals surface area contributed by atoms with Crippen molar-refractivity contribution in [1.82, 2.24) is 5.32 Å². The Labute approximate surface area is 175 Å². The second-order valence-electron chi connectivity index (χ2n) is 6.15. The largest absolute Gasteiger partial charge is 0.497 e. The van der Waals surface area contributed by atoms with Gasteiger partial charge in [-0.15, -0.1) is 0 Å². The molecule has 0 aromatic heterocycles. The van der Waals surface area contributed by atoms with E-state index < -0.39 is 22.0 Å². The number of rotatable bonds is 8. The molecule has 0 aliphatic heterocycles. The van der Waals surface area contributed by atoms with Crippen LogP contribution in [0.25, 0.3) is 0 Å². The second kappa shape index (κ2) is 9.49. The van der Waals surface area contributed by atoms with Crippen LogP contribution in [0.15, 0.2) is 42.5 Å². The van der Waals surface area contributed by atoms with Gasteiger partial charge in [0.1, 0.15) is 11.8 Å². The molecule has 0 saturated heterocycles. The molecule has 9 heteroatoms. The first-order valence-electron chi connectivity index (χ1n) is 8.52.